The van der Waals surface area contributed by atoms with Crippen LogP contribution in [0.25, 0.3) is 22.0 Å². The predicted octanol–water partition coefficient (Wildman–Crippen LogP) is 5.56. The molecule has 8 nitrogen and oxygen atoms in total. The molecule has 0 radical (unpaired) electrons. The molecule has 0 bridgehead atoms. The summed E-state index contributed by atoms with van der Waals surface area (Å²) < 4.78 is 5.54. The number of aromatic nitrogens is 2. The zero-order chi connectivity index (χ0) is 27.8. The molecule has 3 aromatic carbocycles. The molecule has 10 heteroatoms. The van der Waals surface area contributed by atoms with Crippen molar-refractivity contribution in [3.8, 4) is 16.9 Å². The summed E-state index contributed by atoms with van der Waals surface area (Å²) in [5.41, 5.74) is 4.68. The molecule has 1 fully saturated rings. The highest BCUT2D eigenvalue weighted by Crippen LogP contribution is 2.39. The molecule has 6 rings (SSSR count). The van der Waals surface area contributed by atoms with Gasteiger partial charge in [0, 0.05) is 25.0 Å². The summed E-state index contributed by atoms with van der Waals surface area (Å²) in [7, 11) is 1.81. The normalized spacial score (nSPS) is 16.2. The van der Waals surface area contributed by atoms with Gasteiger partial charge in [-0.1, -0.05) is 53.5 Å². The molecule has 2 aliphatic rings. The van der Waals surface area contributed by atoms with Gasteiger partial charge in [0.05, 0.1) is 33.5 Å². The Hall–Kier alpha value is -3.59. The summed E-state index contributed by atoms with van der Waals surface area (Å²) in [6.07, 6.45) is 4.13. The molecule has 2 aliphatic heterocycles. The first-order chi connectivity index (χ1) is 19.4. The molecule has 0 spiro atoms. The lowest BCUT2D eigenvalue weighted by Crippen LogP contribution is -2.47. The molecule has 0 aliphatic carbocycles. The van der Waals surface area contributed by atoms with Crippen LogP contribution in [0.4, 0.5) is 5.69 Å². The van der Waals surface area contributed by atoms with Crippen molar-refractivity contribution < 1.29 is 14.3 Å². The monoisotopic (exact) mass is 577 g/mol. The van der Waals surface area contributed by atoms with Crippen LogP contribution < -0.4 is 9.64 Å². The molecule has 206 valence electrons. The largest absolute Gasteiger partial charge is 0.482 e. The van der Waals surface area contributed by atoms with Crippen LogP contribution >= 0.6 is 23.2 Å². The summed E-state index contributed by atoms with van der Waals surface area (Å²) >= 11 is 12.4. The standard InChI is InChI=1S/C30H29Cl2N5O3/c1-35(29(38)17-37-26-13-23(31)24(32)14-28(26)40-18-30(37)39)27(16-36-10-2-3-11-36)20-6-4-19(5-7-20)21-8-9-25-22(12-21)15-33-34-25/h4-9,12-15,27H,2-3,10-11,16-18H2,1H3,(H,33,34). The van der Waals surface area contributed by atoms with E-state index < -0.39 is 0 Å². The average molecular weight is 579 g/mol. The highest BCUT2D eigenvalue weighted by molar-refractivity contribution is 6.42. The Kier molecular flexibility index (Phi) is 7.40. The number of fused-ring (bicyclic) bond motifs is 2. The fourth-order valence-electron chi connectivity index (χ4n) is 5.47. The van der Waals surface area contributed by atoms with E-state index in [9.17, 15) is 9.59 Å². The molecular weight excluding hydrogens is 549 g/mol. The van der Waals surface area contributed by atoms with Gasteiger partial charge in [0.15, 0.2) is 6.61 Å². The fourth-order valence-corrected chi connectivity index (χ4v) is 5.78. The van der Waals surface area contributed by atoms with E-state index in [4.69, 9.17) is 27.9 Å². The van der Waals surface area contributed by atoms with Crippen LogP contribution in [-0.2, 0) is 9.59 Å². The Morgan fingerprint density at radius 3 is 2.55 bits per heavy atom. The van der Waals surface area contributed by atoms with Crippen molar-refractivity contribution in [2.24, 2.45) is 0 Å². The Morgan fingerprint density at radius 1 is 1.05 bits per heavy atom. The molecule has 1 aromatic heterocycles. The number of hydrogen-bond acceptors (Lipinski definition) is 5. The molecule has 1 unspecified atom stereocenters. The lowest BCUT2D eigenvalue weighted by Gasteiger charge is -2.35. The van der Waals surface area contributed by atoms with Crippen molar-refractivity contribution in [2.45, 2.75) is 18.9 Å². The van der Waals surface area contributed by atoms with Gasteiger partial charge in [-0.2, -0.15) is 5.10 Å². The number of aromatic amines is 1. The van der Waals surface area contributed by atoms with Crippen LogP contribution in [0.1, 0.15) is 24.4 Å². The van der Waals surface area contributed by atoms with Gasteiger partial charge in [0.1, 0.15) is 12.3 Å². The van der Waals surface area contributed by atoms with Crippen molar-refractivity contribution in [1.29, 1.82) is 0 Å². The number of carbonyl (C=O) groups excluding carboxylic acids is 2. The average Bonchev–Trinajstić information content (AvgIpc) is 3.66. The van der Waals surface area contributed by atoms with Crippen molar-refractivity contribution >= 4 is 51.6 Å². The van der Waals surface area contributed by atoms with Gasteiger partial charge in [-0.05, 0) is 60.8 Å². The van der Waals surface area contributed by atoms with Gasteiger partial charge in [0.2, 0.25) is 5.91 Å². The first kappa shape index (κ1) is 26.6. The van der Waals surface area contributed by atoms with Gasteiger partial charge in [-0.3, -0.25) is 19.6 Å². The Balaban J connectivity index is 1.25. The van der Waals surface area contributed by atoms with Gasteiger partial charge in [-0.25, -0.2) is 0 Å². The third kappa shape index (κ3) is 5.27. The van der Waals surface area contributed by atoms with E-state index in [0.29, 0.717) is 21.5 Å². The van der Waals surface area contributed by atoms with E-state index >= 15 is 0 Å². The number of likely N-dealkylation sites (N-methyl/N-ethyl adjacent to an activating group) is 1. The SMILES string of the molecule is CN(C(=O)CN1C(=O)COc2cc(Cl)c(Cl)cc21)C(CN1CCCC1)c1ccc(-c2ccc3[nH]ncc3c2)cc1. The van der Waals surface area contributed by atoms with E-state index in [0.717, 1.165) is 60.1 Å². The summed E-state index contributed by atoms with van der Waals surface area (Å²) in [5, 5.41) is 8.78. The summed E-state index contributed by atoms with van der Waals surface area (Å²) in [5.74, 6) is -0.0455. The van der Waals surface area contributed by atoms with Crippen LogP contribution in [0.2, 0.25) is 10.0 Å². The van der Waals surface area contributed by atoms with Gasteiger partial charge < -0.3 is 14.5 Å². The van der Waals surface area contributed by atoms with Gasteiger partial charge in [-0.15, -0.1) is 0 Å². The van der Waals surface area contributed by atoms with E-state index in [2.05, 4.69) is 51.5 Å². The van der Waals surface area contributed by atoms with Crippen molar-refractivity contribution in [3.05, 3.63) is 76.4 Å². The third-order valence-electron chi connectivity index (χ3n) is 7.80. The number of H-pyrrole nitrogens is 1. The molecule has 1 N–H and O–H groups in total. The van der Waals surface area contributed by atoms with Crippen molar-refractivity contribution in [2.75, 3.05) is 44.7 Å². The second-order valence-electron chi connectivity index (χ2n) is 10.3. The molecule has 3 heterocycles. The zero-order valence-electron chi connectivity index (χ0n) is 22.1. The second kappa shape index (κ2) is 11.1. The molecular formula is C30H29Cl2N5O3. The van der Waals surface area contributed by atoms with Crippen LogP contribution in [0.15, 0.2) is 60.8 Å². The molecule has 40 heavy (non-hydrogen) atoms. The smallest absolute Gasteiger partial charge is 0.265 e. The summed E-state index contributed by atoms with van der Waals surface area (Å²) in [6, 6.07) is 17.6. The van der Waals surface area contributed by atoms with E-state index in [-0.39, 0.29) is 31.0 Å². The maximum atomic E-state index is 13.7. The number of rotatable bonds is 7. The molecule has 1 atom stereocenters. The number of ether oxygens (including phenoxy) is 1. The Labute approximate surface area is 242 Å². The van der Waals surface area contributed by atoms with Crippen molar-refractivity contribution in [1.82, 2.24) is 20.0 Å². The Morgan fingerprint density at radius 2 is 1.77 bits per heavy atom. The van der Waals surface area contributed by atoms with Gasteiger partial charge >= 0.3 is 0 Å². The topological polar surface area (TPSA) is 81.8 Å². The Bertz CT molecular complexity index is 1570. The van der Waals surface area contributed by atoms with Crippen LogP contribution in [-0.4, -0.2) is 71.6 Å². The van der Waals surface area contributed by atoms with Crippen LogP contribution in [0.5, 0.6) is 5.75 Å². The number of nitrogens with zero attached hydrogens (tertiary/aromatic N) is 4. The minimum absolute atomic E-state index is 0.122. The van der Waals surface area contributed by atoms with E-state index in [1.807, 2.05) is 19.3 Å². The molecule has 0 saturated carbocycles. The number of anilines is 1. The summed E-state index contributed by atoms with van der Waals surface area (Å²) in [4.78, 5) is 32.1. The number of likely N-dealkylation sites (tertiary alicyclic amines) is 1. The van der Waals surface area contributed by atoms with Crippen molar-refractivity contribution in [3.63, 3.8) is 0 Å². The predicted molar refractivity (Wildman–Crippen MR) is 157 cm³/mol. The highest BCUT2D eigenvalue weighted by atomic mass is 35.5. The second-order valence-corrected chi connectivity index (χ2v) is 11.1. The third-order valence-corrected chi connectivity index (χ3v) is 8.52. The molecule has 1 saturated heterocycles. The molecule has 2 amide bonds. The fraction of sp³-hybridized carbons (Fsp3) is 0.300. The maximum Gasteiger partial charge on any atom is 0.265 e. The minimum atomic E-state index is -0.303. The number of carbonyl (C=O) groups is 2. The van der Waals surface area contributed by atoms with Gasteiger partial charge in [0.25, 0.3) is 5.91 Å². The minimum Gasteiger partial charge on any atom is -0.482 e. The number of amides is 2. The first-order valence-electron chi connectivity index (χ1n) is 13.3. The highest BCUT2D eigenvalue weighted by Gasteiger charge is 2.32. The lowest BCUT2D eigenvalue weighted by molar-refractivity contribution is -0.133. The quantitative estimate of drug-likeness (QED) is 0.311. The zero-order valence-corrected chi connectivity index (χ0v) is 23.6. The number of halogens is 2. The first-order valence-corrected chi connectivity index (χ1v) is 14.1. The van der Waals surface area contributed by atoms with E-state index in [1.54, 1.807) is 17.0 Å². The number of benzene rings is 3. The van der Waals surface area contributed by atoms with E-state index in [1.165, 1.54) is 4.90 Å². The molecule has 4 aromatic rings. The van der Waals surface area contributed by atoms with Crippen LogP contribution in [0, 0.1) is 0 Å². The summed E-state index contributed by atoms with van der Waals surface area (Å²) in [6.45, 7) is 2.46. The van der Waals surface area contributed by atoms with Crippen LogP contribution in [0.3, 0.4) is 0 Å². The number of hydrogen-bond donors (Lipinski definition) is 1. The maximum absolute atomic E-state index is 13.7. The number of nitrogens with one attached hydrogen (secondary N) is 1. The lowest BCUT2D eigenvalue weighted by atomic mass is 9.99.